The number of aliphatic carboxylic acids is 1. The molecule has 106 valence electrons. The standard InChI is InChI=1S/C17H15NO3/c19-16(14-10-15(14)17(20)21)18-13-8-6-12(7-9-13)11-4-2-1-3-5-11/h1-9,14-15H,10H2,(H,18,19)(H,20,21)/t14-,15+/m1/s1. The summed E-state index contributed by atoms with van der Waals surface area (Å²) < 4.78 is 0. The molecule has 0 saturated heterocycles. The summed E-state index contributed by atoms with van der Waals surface area (Å²) in [5, 5.41) is 11.6. The molecule has 0 spiro atoms. The number of carbonyl (C=O) groups excluding carboxylic acids is 1. The van der Waals surface area contributed by atoms with Crippen LogP contribution in [0.1, 0.15) is 6.42 Å². The predicted octanol–water partition coefficient (Wildman–Crippen LogP) is 3.01. The highest BCUT2D eigenvalue weighted by molar-refractivity contribution is 5.98. The molecule has 2 N–H and O–H groups in total. The number of carboxylic acids is 1. The van der Waals surface area contributed by atoms with Gasteiger partial charge in [0.25, 0.3) is 0 Å². The Kier molecular flexibility index (Phi) is 3.44. The Morgan fingerprint density at radius 2 is 1.52 bits per heavy atom. The Morgan fingerprint density at radius 3 is 2.10 bits per heavy atom. The van der Waals surface area contributed by atoms with Gasteiger partial charge in [0.05, 0.1) is 11.8 Å². The van der Waals surface area contributed by atoms with Crippen LogP contribution >= 0.6 is 0 Å². The van der Waals surface area contributed by atoms with Crippen molar-refractivity contribution in [2.75, 3.05) is 5.32 Å². The fraction of sp³-hybridized carbons (Fsp3) is 0.176. The maximum Gasteiger partial charge on any atom is 0.307 e. The Labute approximate surface area is 122 Å². The van der Waals surface area contributed by atoms with Crippen LogP contribution in [-0.2, 0) is 9.59 Å². The van der Waals surface area contributed by atoms with Gasteiger partial charge in [0.15, 0.2) is 0 Å². The van der Waals surface area contributed by atoms with Gasteiger partial charge in [-0.25, -0.2) is 0 Å². The van der Waals surface area contributed by atoms with E-state index in [-0.39, 0.29) is 5.91 Å². The number of carboxylic acid groups (broad SMARTS) is 1. The lowest BCUT2D eigenvalue weighted by Crippen LogP contribution is -2.16. The van der Waals surface area contributed by atoms with Crippen LogP contribution in [0.5, 0.6) is 0 Å². The zero-order valence-electron chi connectivity index (χ0n) is 11.3. The number of rotatable bonds is 4. The largest absolute Gasteiger partial charge is 0.481 e. The minimum absolute atomic E-state index is 0.213. The van der Waals surface area contributed by atoms with Crippen molar-refractivity contribution < 1.29 is 14.7 Å². The van der Waals surface area contributed by atoms with E-state index < -0.39 is 17.8 Å². The molecule has 3 rings (SSSR count). The number of carbonyl (C=O) groups is 2. The fourth-order valence-electron chi connectivity index (χ4n) is 2.37. The minimum Gasteiger partial charge on any atom is -0.481 e. The number of benzene rings is 2. The number of nitrogens with one attached hydrogen (secondary N) is 1. The quantitative estimate of drug-likeness (QED) is 0.905. The third-order valence-corrected chi connectivity index (χ3v) is 3.70. The van der Waals surface area contributed by atoms with E-state index in [0.29, 0.717) is 12.1 Å². The first-order valence-electron chi connectivity index (χ1n) is 6.84. The molecule has 1 aliphatic carbocycles. The van der Waals surface area contributed by atoms with Crippen LogP contribution in [0.4, 0.5) is 5.69 Å². The molecular weight excluding hydrogens is 266 g/mol. The van der Waals surface area contributed by atoms with E-state index in [1.54, 1.807) is 0 Å². The first-order valence-corrected chi connectivity index (χ1v) is 6.84. The van der Waals surface area contributed by atoms with Crippen molar-refractivity contribution >= 4 is 17.6 Å². The van der Waals surface area contributed by atoms with Gasteiger partial charge in [0.2, 0.25) is 5.91 Å². The topological polar surface area (TPSA) is 66.4 Å². The summed E-state index contributed by atoms with van der Waals surface area (Å²) in [6.07, 6.45) is 0.434. The van der Waals surface area contributed by atoms with Crippen molar-refractivity contribution in [1.29, 1.82) is 0 Å². The van der Waals surface area contributed by atoms with Crippen molar-refractivity contribution in [3.05, 3.63) is 54.6 Å². The van der Waals surface area contributed by atoms with E-state index in [1.165, 1.54) is 0 Å². The smallest absolute Gasteiger partial charge is 0.307 e. The summed E-state index contributed by atoms with van der Waals surface area (Å²) in [5.74, 6) is -2.02. The molecule has 0 heterocycles. The molecule has 2 atom stereocenters. The lowest BCUT2D eigenvalue weighted by Gasteiger charge is -2.06. The van der Waals surface area contributed by atoms with Gasteiger partial charge >= 0.3 is 5.97 Å². The molecule has 21 heavy (non-hydrogen) atoms. The SMILES string of the molecule is O=C(O)[C@H]1C[C@H]1C(=O)Nc1ccc(-c2ccccc2)cc1. The molecule has 0 aromatic heterocycles. The Morgan fingerprint density at radius 1 is 0.905 bits per heavy atom. The molecule has 2 aromatic rings. The third-order valence-electron chi connectivity index (χ3n) is 3.70. The van der Waals surface area contributed by atoms with Crippen LogP contribution in [0.15, 0.2) is 54.6 Å². The van der Waals surface area contributed by atoms with E-state index in [1.807, 2.05) is 54.6 Å². The van der Waals surface area contributed by atoms with E-state index in [9.17, 15) is 9.59 Å². The molecule has 0 unspecified atom stereocenters. The highest BCUT2D eigenvalue weighted by atomic mass is 16.4. The molecule has 4 heteroatoms. The predicted molar refractivity (Wildman–Crippen MR) is 79.7 cm³/mol. The Bertz CT molecular complexity index is 664. The van der Waals surface area contributed by atoms with E-state index in [0.717, 1.165) is 11.1 Å². The van der Waals surface area contributed by atoms with Gasteiger partial charge in [-0.3, -0.25) is 9.59 Å². The molecular formula is C17H15NO3. The van der Waals surface area contributed by atoms with Gasteiger partial charge < -0.3 is 10.4 Å². The molecule has 0 radical (unpaired) electrons. The summed E-state index contributed by atoms with van der Waals surface area (Å²) in [6.45, 7) is 0. The monoisotopic (exact) mass is 281 g/mol. The van der Waals surface area contributed by atoms with Crippen LogP contribution in [0.2, 0.25) is 0 Å². The van der Waals surface area contributed by atoms with E-state index in [2.05, 4.69) is 5.32 Å². The molecule has 1 aliphatic rings. The average Bonchev–Trinajstić information content (AvgIpc) is 3.30. The molecule has 1 amide bonds. The third kappa shape index (κ3) is 2.94. The molecule has 0 bridgehead atoms. The minimum atomic E-state index is -0.894. The first-order chi connectivity index (χ1) is 10.1. The zero-order valence-corrected chi connectivity index (χ0v) is 11.3. The number of anilines is 1. The second-order valence-electron chi connectivity index (χ2n) is 5.22. The van der Waals surface area contributed by atoms with Crippen molar-refractivity contribution in [3.8, 4) is 11.1 Å². The van der Waals surface area contributed by atoms with Crippen molar-refractivity contribution in [3.63, 3.8) is 0 Å². The van der Waals surface area contributed by atoms with Gasteiger partial charge in [0.1, 0.15) is 0 Å². The van der Waals surface area contributed by atoms with Gasteiger partial charge in [-0.05, 0) is 29.7 Å². The molecule has 2 aromatic carbocycles. The van der Waals surface area contributed by atoms with Crippen LogP contribution in [0.3, 0.4) is 0 Å². The van der Waals surface area contributed by atoms with Crippen LogP contribution in [-0.4, -0.2) is 17.0 Å². The lowest BCUT2D eigenvalue weighted by molar-refractivity contribution is -0.139. The number of amides is 1. The second-order valence-corrected chi connectivity index (χ2v) is 5.22. The summed E-state index contributed by atoms with van der Waals surface area (Å²) in [7, 11) is 0. The molecule has 1 saturated carbocycles. The second kappa shape index (κ2) is 5.40. The Hall–Kier alpha value is -2.62. The van der Waals surface area contributed by atoms with Crippen LogP contribution in [0, 0.1) is 11.8 Å². The van der Waals surface area contributed by atoms with E-state index >= 15 is 0 Å². The van der Waals surface area contributed by atoms with Gasteiger partial charge in [-0.1, -0.05) is 42.5 Å². The van der Waals surface area contributed by atoms with Crippen molar-refractivity contribution in [1.82, 2.24) is 0 Å². The van der Waals surface area contributed by atoms with Crippen molar-refractivity contribution in [2.45, 2.75) is 6.42 Å². The highest BCUT2D eigenvalue weighted by Crippen LogP contribution is 2.39. The summed E-state index contributed by atoms with van der Waals surface area (Å²) >= 11 is 0. The maximum absolute atomic E-state index is 11.9. The van der Waals surface area contributed by atoms with Gasteiger partial charge in [0, 0.05) is 5.69 Å². The van der Waals surface area contributed by atoms with Crippen molar-refractivity contribution in [2.24, 2.45) is 11.8 Å². The average molecular weight is 281 g/mol. The highest BCUT2D eigenvalue weighted by Gasteiger charge is 2.48. The molecule has 0 aliphatic heterocycles. The van der Waals surface area contributed by atoms with Crippen LogP contribution < -0.4 is 5.32 Å². The number of hydrogen-bond acceptors (Lipinski definition) is 2. The first kappa shape index (κ1) is 13.4. The molecule has 4 nitrogen and oxygen atoms in total. The summed E-state index contributed by atoms with van der Waals surface area (Å²) in [6, 6.07) is 17.5. The van der Waals surface area contributed by atoms with Crippen LogP contribution in [0.25, 0.3) is 11.1 Å². The summed E-state index contributed by atoms with van der Waals surface area (Å²) in [4.78, 5) is 22.6. The van der Waals surface area contributed by atoms with E-state index in [4.69, 9.17) is 5.11 Å². The zero-order chi connectivity index (χ0) is 14.8. The lowest BCUT2D eigenvalue weighted by atomic mass is 10.1. The van der Waals surface area contributed by atoms with Gasteiger partial charge in [-0.15, -0.1) is 0 Å². The normalized spacial score (nSPS) is 19.8. The van der Waals surface area contributed by atoms with Gasteiger partial charge in [-0.2, -0.15) is 0 Å². The Balaban J connectivity index is 1.65. The summed E-state index contributed by atoms with van der Waals surface area (Å²) in [5.41, 5.74) is 2.88. The number of hydrogen-bond donors (Lipinski definition) is 2. The molecule has 1 fully saturated rings. The fourth-order valence-corrected chi connectivity index (χ4v) is 2.37. The maximum atomic E-state index is 11.9.